The Morgan fingerprint density at radius 3 is 3.00 bits per heavy atom. The minimum absolute atomic E-state index is 0.152. The van der Waals surface area contributed by atoms with Crippen LogP contribution in [0.3, 0.4) is 0 Å². The van der Waals surface area contributed by atoms with Gasteiger partial charge in [0.2, 0.25) is 0 Å². The zero-order chi connectivity index (χ0) is 18.2. The lowest BCUT2D eigenvalue weighted by Crippen LogP contribution is -2.39. The van der Waals surface area contributed by atoms with Gasteiger partial charge in [0, 0.05) is 12.0 Å². The van der Waals surface area contributed by atoms with E-state index < -0.39 is 48.6 Å². The van der Waals surface area contributed by atoms with E-state index in [1.54, 1.807) is 0 Å². The number of aryl methyl sites for hydroxylation is 1. The SMILES string of the molecule is [2H]c1cc(C([2H])([2H])C([2H])([2H])NC(=N)NC(C)=N)c([2H])c([2H])c1[2H]. The minimum Gasteiger partial charge on any atom is -0.356 e. The number of benzene rings is 1. The van der Waals surface area contributed by atoms with Crippen LogP contribution in [0.2, 0.25) is 0 Å². The van der Waals surface area contributed by atoms with E-state index in [0.29, 0.717) is 0 Å². The quantitative estimate of drug-likeness (QED) is 0.451. The fourth-order valence-electron chi connectivity index (χ4n) is 0.726. The predicted octanol–water partition coefficient (Wildman–Crippen LogP) is 1.34. The van der Waals surface area contributed by atoms with Crippen LogP contribution in [-0.2, 0) is 6.37 Å². The Balaban J connectivity index is 3.29. The summed E-state index contributed by atoms with van der Waals surface area (Å²) in [4.78, 5) is 0. The van der Waals surface area contributed by atoms with Crippen molar-refractivity contribution in [1.82, 2.24) is 10.6 Å². The van der Waals surface area contributed by atoms with Gasteiger partial charge >= 0.3 is 0 Å². The zero-order valence-electron chi connectivity index (χ0n) is 16.1. The molecule has 0 aliphatic rings. The van der Waals surface area contributed by atoms with E-state index in [9.17, 15) is 0 Å². The van der Waals surface area contributed by atoms with E-state index in [0.717, 1.165) is 6.07 Å². The average molecular weight is 212 g/mol. The highest BCUT2D eigenvalue weighted by molar-refractivity contribution is 5.95. The zero-order valence-corrected chi connectivity index (χ0v) is 8.08. The van der Waals surface area contributed by atoms with E-state index in [1.807, 2.05) is 5.32 Å². The Hall–Kier alpha value is -1.84. The summed E-state index contributed by atoms with van der Waals surface area (Å²) in [7, 11) is 0. The van der Waals surface area contributed by atoms with Crippen LogP contribution in [0.5, 0.6) is 0 Å². The third-order valence-electron chi connectivity index (χ3n) is 1.25. The van der Waals surface area contributed by atoms with Crippen molar-refractivity contribution in [2.75, 3.05) is 6.50 Å². The maximum atomic E-state index is 7.95. The van der Waals surface area contributed by atoms with Crippen molar-refractivity contribution >= 4 is 11.8 Å². The van der Waals surface area contributed by atoms with Gasteiger partial charge in [0.05, 0.1) is 11.3 Å². The van der Waals surface area contributed by atoms with E-state index in [4.69, 9.17) is 21.8 Å². The maximum Gasteiger partial charge on any atom is 0.193 e. The van der Waals surface area contributed by atoms with E-state index in [1.165, 1.54) is 6.92 Å². The Morgan fingerprint density at radius 1 is 1.47 bits per heavy atom. The number of hydrogen-bond acceptors (Lipinski definition) is 2. The summed E-state index contributed by atoms with van der Waals surface area (Å²) in [5.41, 5.74) is -0.569. The predicted molar refractivity (Wildman–Crippen MR) is 62.4 cm³/mol. The molecular weight excluding hydrogens is 188 g/mol. The Kier molecular flexibility index (Phi) is 1.68. The van der Waals surface area contributed by atoms with Crippen molar-refractivity contribution < 1.29 is 11.0 Å². The minimum atomic E-state index is -2.87. The number of hydrogen-bond donors (Lipinski definition) is 4. The monoisotopic (exact) mass is 212 g/mol. The summed E-state index contributed by atoms with van der Waals surface area (Å²) in [6.07, 6.45) is -2.87. The molecule has 0 spiro atoms. The molecule has 0 fully saturated rings. The molecule has 0 heterocycles. The van der Waals surface area contributed by atoms with E-state index >= 15 is 0 Å². The number of amidine groups is 1. The molecule has 0 aliphatic carbocycles. The van der Waals surface area contributed by atoms with Crippen molar-refractivity contribution in [2.24, 2.45) is 0 Å². The van der Waals surface area contributed by atoms with Crippen LogP contribution in [0.1, 0.15) is 23.5 Å². The summed E-state index contributed by atoms with van der Waals surface area (Å²) < 4.78 is 61.8. The highest BCUT2D eigenvalue weighted by Gasteiger charge is 1.95. The Bertz CT molecular complexity index is 658. The second kappa shape index (κ2) is 5.80. The summed E-state index contributed by atoms with van der Waals surface area (Å²) in [6.45, 7) is -1.56. The highest BCUT2D eigenvalue weighted by Crippen LogP contribution is 1.97. The molecule has 0 amide bonds. The first kappa shape index (κ1) is 4.35. The van der Waals surface area contributed by atoms with Gasteiger partial charge < -0.3 is 10.6 Å². The van der Waals surface area contributed by atoms with Gasteiger partial charge in [-0.1, -0.05) is 30.2 Å². The molecule has 4 heteroatoms. The van der Waals surface area contributed by atoms with Crippen LogP contribution >= 0.6 is 0 Å². The van der Waals surface area contributed by atoms with Crippen molar-refractivity contribution in [1.29, 1.82) is 10.8 Å². The number of guanidine groups is 1. The molecule has 80 valence electrons. The lowest BCUT2D eigenvalue weighted by atomic mass is 10.1. The fraction of sp³-hybridized carbons (Fsp3) is 0.273. The molecule has 4 N–H and O–H groups in total. The molecule has 1 rings (SSSR count). The van der Waals surface area contributed by atoms with Gasteiger partial charge in [0.1, 0.15) is 0 Å². The van der Waals surface area contributed by atoms with Crippen LogP contribution in [0.25, 0.3) is 0 Å². The maximum absolute atomic E-state index is 7.95. The lowest BCUT2D eigenvalue weighted by Gasteiger charge is -2.08. The second-order valence-corrected chi connectivity index (χ2v) is 2.58. The van der Waals surface area contributed by atoms with Crippen LogP contribution in [0, 0.1) is 10.8 Å². The Morgan fingerprint density at radius 2 is 2.27 bits per heavy atom. The first-order valence-electron chi connectivity index (χ1n) is 8.08. The summed E-state index contributed by atoms with van der Waals surface area (Å²) in [5, 5.41) is 18.7. The molecule has 15 heavy (non-hydrogen) atoms. The number of nitrogens with one attached hydrogen (secondary N) is 4. The average Bonchev–Trinajstić information content (AvgIpc) is 2.38. The van der Waals surface area contributed by atoms with Gasteiger partial charge in [-0.25, -0.2) is 0 Å². The first-order chi connectivity index (χ1) is 10.3. The lowest BCUT2D eigenvalue weighted by molar-refractivity contribution is 0.842. The van der Waals surface area contributed by atoms with E-state index in [2.05, 4.69) is 5.32 Å². The van der Waals surface area contributed by atoms with Gasteiger partial charge in [-0.2, -0.15) is 0 Å². The topological polar surface area (TPSA) is 71.8 Å². The largest absolute Gasteiger partial charge is 0.356 e. The fourth-order valence-corrected chi connectivity index (χ4v) is 0.726. The van der Waals surface area contributed by atoms with Crippen molar-refractivity contribution in [2.45, 2.75) is 13.3 Å². The standard InChI is InChI=1S/C11H16N4/c1-9(12)15-11(13)14-8-7-10-5-3-2-4-6-10/h2-6H,7-8H2,1H3,(H4,12,13,14,15)/i2D,3D,4D,5D,7D2,8D2. The molecule has 0 saturated carbocycles. The molecule has 0 bridgehead atoms. The highest BCUT2D eigenvalue weighted by atomic mass is 15.1. The third-order valence-corrected chi connectivity index (χ3v) is 1.25. The van der Waals surface area contributed by atoms with Gasteiger partial charge in [-0.05, 0) is 18.9 Å². The molecule has 4 nitrogen and oxygen atoms in total. The molecule has 0 aromatic heterocycles. The molecule has 0 saturated heterocycles. The summed E-state index contributed by atoms with van der Waals surface area (Å²) in [5.74, 6) is -0.798. The van der Waals surface area contributed by atoms with Crippen LogP contribution < -0.4 is 10.6 Å². The molecule has 0 aliphatic heterocycles. The third kappa shape index (κ3) is 4.81. The van der Waals surface area contributed by atoms with Gasteiger partial charge in [0.15, 0.2) is 5.96 Å². The van der Waals surface area contributed by atoms with Gasteiger partial charge in [-0.3, -0.25) is 10.8 Å². The van der Waals surface area contributed by atoms with Crippen molar-refractivity contribution in [3.05, 3.63) is 35.8 Å². The van der Waals surface area contributed by atoms with Gasteiger partial charge in [0.25, 0.3) is 0 Å². The molecular formula is C11H16N4. The number of rotatable bonds is 3. The van der Waals surface area contributed by atoms with E-state index in [-0.39, 0.29) is 5.84 Å². The van der Waals surface area contributed by atoms with Gasteiger partial charge in [-0.15, -0.1) is 0 Å². The normalized spacial score (nSPS) is 19.0. The molecule has 0 atom stereocenters. The summed E-state index contributed by atoms with van der Waals surface area (Å²) >= 11 is 0. The van der Waals surface area contributed by atoms with Crippen molar-refractivity contribution in [3.63, 3.8) is 0 Å². The molecule has 0 unspecified atom stereocenters. The Labute approximate surface area is 101 Å². The van der Waals surface area contributed by atoms with Crippen LogP contribution in [0.15, 0.2) is 30.2 Å². The second-order valence-electron chi connectivity index (χ2n) is 2.58. The van der Waals surface area contributed by atoms with Crippen molar-refractivity contribution in [3.8, 4) is 0 Å². The first-order valence-corrected chi connectivity index (χ1v) is 4.08. The molecule has 0 radical (unpaired) electrons. The van der Waals surface area contributed by atoms with Crippen LogP contribution in [-0.4, -0.2) is 18.3 Å². The van der Waals surface area contributed by atoms with Crippen LogP contribution in [0.4, 0.5) is 0 Å². The summed E-state index contributed by atoms with van der Waals surface area (Å²) in [6, 6.07) is -1.57. The smallest absolute Gasteiger partial charge is 0.193 e. The molecule has 1 aromatic carbocycles. The molecule has 1 aromatic rings.